The van der Waals surface area contributed by atoms with Crippen molar-refractivity contribution in [1.29, 1.82) is 0 Å². The molecule has 4 nitrogen and oxygen atoms in total. The van der Waals surface area contributed by atoms with Gasteiger partial charge in [-0.25, -0.2) is 4.79 Å². The van der Waals surface area contributed by atoms with Crippen molar-refractivity contribution in [2.75, 3.05) is 13.7 Å². The second-order valence-electron chi connectivity index (χ2n) is 6.34. The molecule has 0 fully saturated rings. The maximum Gasteiger partial charge on any atom is 0.336 e. The fourth-order valence-electron chi connectivity index (χ4n) is 2.32. The molecular formula is C21H24O4. The average Bonchev–Trinajstić information content (AvgIpc) is 2.58. The summed E-state index contributed by atoms with van der Waals surface area (Å²) in [6, 6.07) is 12.8. The molecule has 0 atom stereocenters. The third-order valence-electron chi connectivity index (χ3n) is 3.66. The minimum absolute atomic E-state index is 0.234. The van der Waals surface area contributed by atoms with Crippen LogP contribution in [0.1, 0.15) is 30.5 Å². The second-order valence-corrected chi connectivity index (χ2v) is 6.34. The van der Waals surface area contributed by atoms with Gasteiger partial charge in [0.25, 0.3) is 0 Å². The van der Waals surface area contributed by atoms with E-state index in [2.05, 4.69) is 13.8 Å². The third kappa shape index (κ3) is 5.11. The van der Waals surface area contributed by atoms with Crippen molar-refractivity contribution < 1.29 is 19.4 Å². The summed E-state index contributed by atoms with van der Waals surface area (Å²) < 4.78 is 11.1. The summed E-state index contributed by atoms with van der Waals surface area (Å²) in [4.78, 5) is 11.7. The standard InChI is InChI=1S/C21H24O4/c1-14(2)13-25-19-10-7-16(12-20(19)24-4)11-18(21(22)23)17-8-5-15(3)6-9-17/h5-12,14H,13H2,1-4H3,(H,22,23)/b18-11-. The van der Waals surface area contributed by atoms with Gasteiger partial charge >= 0.3 is 5.97 Å². The van der Waals surface area contributed by atoms with Crippen LogP contribution in [0.2, 0.25) is 0 Å². The third-order valence-corrected chi connectivity index (χ3v) is 3.66. The van der Waals surface area contributed by atoms with E-state index in [0.29, 0.717) is 29.6 Å². The largest absolute Gasteiger partial charge is 0.493 e. The summed E-state index contributed by atoms with van der Waals surface area (Å²) in [6.07, 6.45) is 1.64. The van der Waals surface area contributed by atoms with Gasteiger partial charge in [0.1, 0.15) is 0 Å². The lowest BCUT2D eigenvalue weighted by molar-refractivity contribution is -0.130. The first kappa shape index (κ1) is 18.6. The first-order chi connectivity index (χ1) is 11.9. The van der Waals surface area contributed by atoms with E-state index in [0.717, 1.165) is 11.1 Å². The van der Waals surface area contributed by atoms with E-state index >= 15 is 0 Å². The molecule has 25 heavy (non-hydrogen) atoms. The monoisotopic (exact) mass is 340 g/mol. The van der Waals surface area contributed by atoms with Crippen molar-refractivity contribution in [2.24, 2.45) is 5.92 Å². The van der Waals surface area contributed by atoms with E-state index in [1.165, 1.54) is 0 Å². The molecule has 0 aliphatic heterocycles. The Morgan fingerprint density at radius 1 is 1.12 bits per heavy atom. The number of hydrogen-bond acceptors (Lipinski definition) is 3. The molecule has 2 aromatic carbocycles. The second kappa shape index (κ2) is 8.38. The van der Waals surface area contributed by atoms with E-state index < -0.39 is 5.97 Å². The molecule has 0 heterocycles. The van der Waals surface area contributed by atoms with E-state index in [1.54, 1.807) is 19.3 Å². The van der Waals surface area contributed by atoms with E-state index in [-0.39, 0.29) is 5.57 Å². The highest BCUT2D eigenvalue weighted by Gasteiger charge is 2.12. The van der Waals surface area contributed by atoms with Crippen molar-refractivity contribution in [1.82, 2.24) is 0 Å². The number of aryl methyl sites for hydroxylation is 1. The molecule has 0 radical (unpaired) electrons. The SMILES string of the molecule is COc1cc(/C=C(\C(=O)O)c2ccc(C)cc2)ccc1OCC(C)C. The van der Waals surface area contributed by atoms with Gasteiger partial charge in [0.05, 0.1) is 19.3 Å². The number of hydrogen-bond donors (Lipinski definition) is 1. The predicted octanol–water partition coefficient (Wildman–Crippen LogP) is 4.66. The number of benzene rings is 2. The Kier molecular flexibility index (Phi) is 6.23. The normalized spacial score (nSPS) is 11.5. The fraction of sp³-hybridized carbons (Fsp3) is 0.286. The Morgan fingerprint density at radius 3 is 2.36 bits per heavy atom. The number of ether oxygens (including phenoxy) is 2. The Balaban J connectivity index is 2.36. The zero-order valence-corrected chi connectivity index (χ0v) is 15.1. The minimum Gasteiger partial charge on any atom is -0.493 e. The topological polar surface area (TPSA) is 55.8 Å². The molecule has 0 saturated heterocycles. The summed E-state index contributed by atoms with van der Waals surface area (Å²) in [7, 11) is 1.57. The Labute approximate surface area is 148 Å². The van der Waals surface area contributed by atoms with Gasteiger partial charge in [-0.15, -0.1) is 0 Å². The van der Waals surface area contributed by atoms with Crippen molar-refractivity contribution in [3.63, 3.8) is 0 Å². The zero-order valence-electron chi connectivity index (χ0n) is 15.1. The fourth-order valence-corrected chi connectivity index (χ4v) is 2.32. The molecule has 132 valence electrons. The molecule has 2 rings (SSSR count). The van der Waals surface area contributed by atoms with Crippen molar-refractivity contribution in [3.8, 4) is 11.5 Å². The van der Waals surface area contributed by atoms with Crippen LogP contribution in [0.4, 0.5) is 0 Å². The van der Waals surface area contributed by atoms with Gasteiger partial charge in [-0.1, -0.05) is 49.7 Å². The molecule has 0 bridgehead atoms. The summed E-state index contributed by atoms with van der Waals surface area (Å²) in [5.74, 6) is 0.677. The molecular weight excluding hydrogens is 316 g/mol. The molecule has 0 aromatic heterocycles. The molecule has 1 N–H and O–H groups in total. The van der Waals surface area contributed by atoms with Crippen LogP contribution in [0.5, 0.6) is 11.5 Å². The lowest BCUT2D eigenvalue weighted by Gasteiger charge is -2.13. The first-order valence-electron chi connectivity index (χ1n) is 8.23. The van der Waals surface area contributed by atoms with Crippen LogP contribution in [0.25, 0.3) is 11.6 Å². The quantitative estimate of drug-likeness (QED) is 0.588. The maximum absolute atomic E-state index is 11.7. The molecule has 4 heteroatoms. The summed E-state index contributed by atoms with van der Waals surface area (Å²) in [5.41, 5.74) is 2.73. The zero-order chi connectivity index (χ0) is 18.4. The summed E-state index contributed by atoms with van der Waals surface area (Å²) in [6.45, 7) is 6.71. The maximum atomic E-state index is 11.7. The van der Waals surface area contributed by atoms with Gasteiger partial charge in [-0.3, -0.25) is 0 Å². The van der Waals surface area contributed by atoms with Crippen LogP contribution in [-0.2, 0) is 4.79 Å². The van der Waals surface area contributed by atoms with Crippen LogP contribution in [-0.4, -0.2) is 24.8 Å². The molecule has 0 aliphatic carbocycles. The van der Waals surface area contributed by atoms with Gasteiger partial charge in [0.2, 0.25) is 0 Å². The lowest BCUT2D eigenvalue weighted by atomic mass is 10.0. The van der Waals surface area contributed by atoms with Gasteiger partial charge in [0.15, 0.2) is 11.5 Å². The van der Waals surface area contributed by atoms with Crippen LogP contribution in [0, 0.1) is 12.8 Å². The minimum atomic E-state index is -0.969. The molecule has 0 aliphatic rings. The number of rotatable bonds is 7. The highest BCUT2D eigenvalue weighted by atomic mass is 16.5. The van der Waals surface area contributed by atoms with Crippen LogP contribution >= 0.6 is 0 Å². The van der Waals surface area contributed by atoms with Gasteiger partial charge < -0.3 is 14.6 Å². The number of aliphatic carboxylic acids is 1. The highest BCUT2D eigenvalue weighted by molar-refractivity contribution is 6.20. The van der Waals surface area contributed by atoms with Crippen LogP contribution < -0.4 is 9.47 Å². The summed E-state index contributed by atoms with van der Waals surface area (Å²) in [5, 5.41) is 9.56. The van der Waals surface area contributed by atoms with Gasteiger partial charge in [0, 0.05) is 0 Å². The summed E-state index contributed by atoms with van der Waals surface area (Å²) >= 11 is 0. The van der Waals surface area contributed by atoms with Gasteiger partial charge in [-0.05, 0) is 42.2 Å². The average molecular weight is 340 g/mol. The highest BCUT2D eigenvalue weighted by Crippen LogP contribution is 2.30. The molecule has 2 aromatic rings. The van der Waals surface area contributed by atoms with Gasteiger partial charge in [-0.2, -0.15) is 0 Å². The number of carboxylic acid groups (broad SMARTS) is 1. The Morgan fingerprint density at radius 2 is 1.80 bits per heavy atom. The van der Waals surface area contributed by atoms with Crippen molar-refractivity contribution in [2.45, 2.75) is 20.8 Å². The van der Waals surface area contributed by atoms with Crippen LogP contribution in [0.3, 0.4) is 0 Å². The van der Waals surface area contributed by atoms with E-state index in [4.69, 9.17) is 9.47 Å². The number of carbonyl (C=O) groups is 1. The lowest BCUT2D eigenvalue weighted by Crippen LogP contribution is -2.05. The Hall–Kier alpha value is -2.75. The number of carboxylic acids is 1. The van der Waals surface area contributed by atoms with E-state index in [1.807, 2.05) is 43.3 Å². The van der Waals surface area contributed by atoms with Crippen LogP contribution in [0.15, 0.2) is 42.5 Å². The smallest absolute Gasteiger partial charge is 0.336 e. The van der Waals surface area contributed by atoms with Crippen molar-refractivity contribution >= 4 is 17.6 Å². The Bertz CT molecular complexity index is 758. The molecule has 0 spiro atoms. The molecule has 0 amide bonds. The molecule has 0 saturated carbocycles. The van der Waals surface area contributed by atoms with E-state index in [9.17, 15) is 9.90 Å². The predicted molar refractivity (Wildman–Crippen MR) is 100 cm³/mol. The molecule has 0 unspecified atom stereocenters. The first-order valence-corrected chi connectivity index (χ1v) is 8.23. The van der Waals surface area contributed by atoms with Crippen molar-refractivity contribution in [3.05, 3.63) is 59.2 Å². The number of methoxy groups -OCH3 is 1.